The fourth-order valence-corrected chi connectivity index (χ4v) is 8.26. The second-order valence-corrected chi connectivity index (χ2v) is 12.6. The highest BCUT2D eigenvalue weighted by atomic mass is 32.2. The molecule has 0 saturated carbocycles. The Morgan fingerprint density at radius 2 is 1.83 bits per heavy atom. The highest BCUT2D eigenvalue weighted by Gasteiger charge is 2.35. The van der Waals surface area contributed by atoms with Gasteiger partial charge in [0.1, 0.15) is 9.21 Å². The fraction of sp³-hybridized carbons (Fsp3) is 0.522. The van der Waals surface area contributed by atoms with E-state index in [1.807, 2.05) is 0 Å². The number of ether oxygens (including phenoxy) is 2. The van der Waals surface area contributed by atoms with Crippen molar-refractivity contribution >= 4 is 55.7 Å². The van der Waals surface area contributed by atoms with Crippen LogP contribution in [0.15, 0.2) is 21.7 Å². The minimum Gasteiger partial charge on any atom is -0.462 e. The highest BCUT2D eigenvalue weighted by molar-refractivity contribution is 7.91. The summed E-state index contributed by atoms with van der Waals surface area (Å²) in [6, 6.07) is 3.28. The highest BCUT2D eigenvalue weighted by Crippen LogP contribution is 2.38. The van der Waals surface area contributed by atoms with Gasteiger partial charge in [0.2, 0.25) is 5.91 Å². The smallest absolute Gasteiger partial charge is 0.410 e. The number of nitrogens with zero attached hydrogens (tertiary/aromatic N) is 2. The molecule has 196 valence electrons. The van der Waals surface area contributed by atoms with Gasteiger partial charge in [0.05, 0.1) is 25.3 Å². The SMILES string of the molecule is CCOC(=O)c1c(NC(=O)C2CCN(S(=O)(=O)c3cccs3)CC2)sc2c1CCN(C(=O)OCC)C2. The van der Waals surface area contributed by atoms with E-state index in [0.717, 1.165) is 10.4 Å². The molecule has 2 aliphatic rings. The molecule has 0 spiro atoms. The second-order valence-electron chi connectivity index (χ2n) is 8.40. The standard InChI is InChI=1S/C23H29N3O7S3/c1-3-32-22(28)19-16-9-10-25(23(29)33-4-2)14-17(16)35-21(19)24-20(27)15-7-11-26(12-8-15)36(30,31)18-6-5-13-34-18/h5-6,13,15H,3-4,7-12,14H2,1-2H3,(H,24,27). The largest absolute Gasteiger partial charge is 0.462 e. The first kappa shape index (κ1) is 26.6. The number of sulfonamides is 1. The molecule has 2 amide bonds. The molecule has 2 aromatic heterocycles. The topological polar surface area (TPSA) is 122 Å². The van der Waals surface area contributed by atoms with Gasteiger partial charge in [-0.3, -0.25) is 4.79 Å². The summed E-state index contributed by atoms with van der Waals surface area (Å²) in [5.41, 5.74) is 1.12. The van der Waals surface area contributed by atoms with Gasteiger partial charge < -0.3 is 19.7 Å². The van der Waals surface area contributed by atoms with E-state index in [1.165, 1.54) is 27.0 Å². The minimum absolute atomic E-state index is 0.197. The molecule has 2 aromatic rings. The molecule has 10 nitrogen and oxygen atoms in total. The van der Waals surface area contributed by atoms with Crippen molar-refractivity contribution in [2.45, 2.75) is 43.9 Å². The predicted molar refractivity (Wildman–Crippen MR) is 136 cm³/mol. The summed E-state index contributed by atoms with van der Waals surface area (Å²) in [7, 11) is -3.55. The van der Waals surface area contributed by atoms with Crippen molar-refractivity contribution in [3.8, 4) is 0 Å². The number of hydrogen-bond donors (Lipinski definition) is 1. The van der Waals surface area contributed by atoms with Crippen LogP contribution < -0.4 is 5.32 Å². The molecule has 1 fully saturated rings. The summed E-state index contributed by atoms with van der Waals surface area (Å²) in [5, 5.41) is 5.03. The van der Waals surface area contributed by atoms with Crippen LogP contribution in [0.2, 0.25) is 0 Å². The number of hydrogen-bond acceptors (Lipinski definition) is 9. The number of esters is 1. The van der Waals surface area contributed by atoms with Crippen molar-refractivity contribution in [1.82, 2.24) is 9.21 Å². The number of amides is 2. The molecule has 4 heterocycles. The van der Waals surface area contributed by atoms with E-state index in [0.29, 0.717) is 47.1 Å². The maximum Gasteiger partial charge on any atom is 0.410 e. The lowest BCUT2D eigenvalue weighted by Gasteiger charge is -2.30. The summed E-state index contributed by atoms with van der Waals surface area (Å²) < 4.78 is 37.6. The van der Waals surface area contributed by atoms with Gasteiger partial charge in [-0.1, -0.05) is 6.07 Å². The molecule has 1 saturated heterocycles. The molecular formula is C23H29N3O7S3. The minimum atomic E-state index is -3.55. The normalized spacial score (nSPS) is 16.9. The Bertz CT molecular complexity index is 1220. The van der Waals surface area contributed by atoms with Gasteiger partial charge in [-0.05, 0) is 50.1 Å². The zero-order valence-corrected chi connectivity index (χ0v) is 22.6. The van der Waals surface area contributed by atoms with Crippen molar-refractivity contribution < 1.29 is 32.3 Å². The average molecular weight is 556 g/mol. The van der Waals surface area contributed by atoms with Crippen LogP contribution in [-0.4, -0.2) is 68.4 Å². The molecule has 0 aromatic carbocycles. The van der Waals surface area contributed by atoms with E-state index in [-0.39, 0.29) is 38.1 Å². The lowest BCUT2D eigenvalue weighted by molar-refractivity contribution is -0.120. The van der Waals surface area contributed by atoms with E-state index in [2.05, 4.69) is 5.32 Å². The van der Waals surface area contributed by atoms with Gasteiger partial charge in [-0.15, -0.1) is 22.7 Å². The van der Waals surface area contributed by atoms with Gasteiger partial charge in [-0.25, -0.2) is 18.0 Å². The Labute approximate surface area is 218 Å². The van der Waals surface area contributed by atoms with Gasteiger partial charge >= 0.3 is 12.1 Å². The maximum absolute atomic E-state index is 13.1. The van der Waals surface area contributed by atoms with Crippen molar-refractivity contribution in [2.75, 3.05) is 38.2 Å². The van der Waals surface area contributed by atoms with E-state index in [4.69, 9.17) is 9.47 Å². The zero-order valence-electron chi connectivity index (χ0n) is 20.2. The van der Waals surface area contributed by atoms with Crippen LogP contribution in [0.4, 0.5) is 9.80 Å². The first-order valence-corrected chi connectivity index (χ1v) is 15.0. The number of fused-ring (bicyclic) bond motifs is 1. The Hall–Kier alpha value is -2.48. The molecule has 0 bridgehead atoms. The van der Waals surface area contributed by atoms with Crippen LogP contribution in [0.25, 0.3) is 0 Å². The Morgan fingerprint density at radius 1 is 1.11 bits per heavy atom. The number of anilines is 1. The van der Waals surface area contributed by atoms with Crippen LogP contribution in [0, 0.1) is 5.92 Å². The fourth-order valence-electron chi connectivity index (χ4n) is 4.39. The lowest BCUT2D eigenvalue weighted by Crippen LogP contribution is -2.41. The van der Waals surface area contributed by atoms with Crippen molar-refractivity contribution in [1.29, 1.82) is 0 Å². The van der Waals surface area contributed by atoms with E-state index in [1.54, 1.807) is 36.3 Å². The Balaban J connectivity index is 1.47. The van der Waals surface area contributed by atoms with Crippen LogP contribution in [0.3, 0.4) is 0 Å². The molecule has 2 aliphatic heterocycles. The summed E-state index contributed by atoms with van der Waals surface area (Å²) >= 11 is 2.44. The quantitative estimate of drug-likeness (QED) is 0.519. The second kappa shape index (κ2) is 11.3. The third kappa shape index (κ3) is 5.43. The lowest BCUT2D eigenvalue weighted by atomic mass is 9.97. The summed E-state index contributed by atoms with van der Waals surface area (Å²) in [6.07, 6.45) is 0.803. The summed E-state index contributed by atoms with van der Waals surface area (Å²) in [4.78, 5) is 40.5. The van der Waals surface area contributed by atoms with Crippen LogP contribution in [-0.2, 0) is 37.3 Å². The van der Waals surface area contributed by atoms with E-state index >= 15 is 0 Å². The third-order valence-electron chi connectivity index (χ3n) is 6.21. The molecule has 0 aliphatic carbocycles. The van der Waals surface area contributed by atoms with Crippen LogP contribution in [0.1, 0.15) is 47.5 Å². The Kier molecular flexibility index (Phi) is 8.33. The molecule has 0 unspecified atom stereocenters. The molecule has 36 heavy (non-hydrogen) atoms. The molecular weight excluding hydrogens is 526 g/mol. The van der Waals surface area contributed by atoms with Crippen molar-refractivity contribution in [3.63, 3.8) is 0 Å². The predicted octanol–water partition coefficient (Wildman–Crippen LogP) is 3.54. The molecule has 4 rings (SSSR count). The van der Waals surface area contributed by atoms with Gasteiger partial charge in [0, 0.05) is 30.4 Å². The van der Waals surface area contributed by atoms with Gasteiger partial charge in [0.15, 0.2) is 0 Å². The van der Waals surface area contributed by atoms with Crippen LogP contribution >= 0.6 is 22.7 Å². The molecule has 0 radical (unpaired) electrons. The number of thiophene rings is 2. The molecule has 13 heteroatoms. The average Bonchev–Trinajstić information content (AvgIpc) is 3.52. The van der Waals surface area contributed by atoms with E-state index in [9.17, 15) is 22.8 Å². The van der Waals surface area contributed by atoms with Gasteiger partial charge in [-0.2, -0.15) is 4.31 Å². The number of carbonyl (C=O) groups excluding carboxylic acids is 3. The monoisotopic (exact) mass is 555 g/mol. The van der Waals surface area contributed by atoms with Crippen molar-refractivity contribution in [3.05, 3.63) is 33.5 Å². The number of carbonyl (C=O) groups is 3. The van der Waals surface area contributed by atoms with Gasteiger partial charge in [0.25, 0.3) is 10.0 Å². The first-order valence-electron chi connectivity index (χ1n) is 11.8. The zero-order chi connectivity index (χ0) is 25.9. The van der Waals surface area contributed by atoms with Crippen molar-refractivity contribution in [2.24, 2.45) is 5.92 Å². The summed E-state index contributed by atoms with van der Waals surface area (Å²) in [6.45, 7) is 5.12. The number of piperidine rings is 1. The maximum atomic E-state index is 13.1. The molecule has 1 N–H and O–H groups in total. The molecule has 0 atom stereocenters. The van der Waals surface area contributed by atoms with E-state index < -0.39 is 22.1 Å². The number of rotatable bonds is 7. The first-order chi connectivity index (χ1) is 17.3. The Morgan fingerprint density at radius 3 is 2.47 bits per heavy atom. The third-order valence-corrected chi connectivity index (χ3v) is 10.6. The van der Waals surface area contributed by atoms with Crippen LogP contribution in [0.5, 0.6) is 0 Å². The summed E-state index contributed by atoms with van der Waals surface area (Å²) in [5.74, 6) is -1.15. The number of nitrogens with one attached hydrogen (secondary N) is 1.